The highest BCUT2D eigenvalue weighted by atomic mass is 19.1. The monoisotopic (exact) mass is 418 g/mol. The van der Waals surface area contributed by atoms with Gasteiger partial charge < -0.3 is 24.4 Å². The van der Waals surface area contributed by atoms with E-state index in [1.165, 1.54) is 19.3 Å². The number of hydrogen-bond acceptors (Lipinski definition) is 6. The minimum atomic E-state index is -1.47. The second kappa shape index (κ2) is 8.66. The minimum absolute atomic E-state index is 0.0166. The van der Waals surface area contributed by atoms with E-state index >= 15 is 0 Å². The molecule has 2 aliphatic rings. The number of rotatable bonds is 5. The quantitative estimate of drug-likeness (QED) is 0.564. The Bertz CT molecular complexity index is 904. The van der Waals surface area contributed by atoms with Crippen LogP contribution in [0.5, 0.6) is 5.75 Å². The van der Waals surface area contributed by atoms with Crippen molar-refractivity contribution in [1.82, 2.24) is 0 Å². The maximum atomic E-state index is 14.5. The van der Waals surface area contributed by atoms with Crippen LogP contribution < -0.4 is 4.74 Å². The molecule has 2 N–H and O–H groups in total. The Morgan fingerprint density at radius 2 is 2.00 bits per heavy atom. The first kappa shape index (κ1) is 22.1. The number of aliphatic hydroxyl groups is 2. The summed E-state index contributed by atoms with van der Waals surface area (Å²) in [4.78, 5) is 11.9. The van der Waals surface area contributed by atoms with E-state index in [2.05, 4.69) is 11.8 Å². The van der Waals surface area contributed by atoms with Gasteiger partial charge in [-0.15, -0.1) is 0 Å². The van der Waals surface area contributed by atoms with Gasteiger partial charge in [-0.1, -0.05) is 30.7 Å². The Kier molecular flexibility index (Phi) is 6.39. The minimum Gasteiger partial charge on any atom is -0.492 e. The zero-order valence-electron chi connectivity index (χ0n) is 17.5. The second-order valence-electron chi connectivity index (χ2n) is 8.14. The Morgan fingerprint density at radius 3 is 2.60 bits per heavy atom. The summed E-state index contributed by atoms with van der Waals surface area (Å²) in [5.41, 5.74) is -1.10. The number of hydrogen-bond donors (Lipinski definition) is 2. The van der Waals surface area contributed by atoms with Gasteiger partial charge in [0.2, 0.25) is 5.79 Å². The van der Waals surface area contributed by atoms with Gasteiger partial charge in [0.25, 0.3) is 0 Å². The summed E-state index contributed by atoms with van der Waals surface area (Å²) in [7, 11) is 1.32. The molecule has 0 amide bonds. The standard InChI is InChI=1S/C23H27FO6/c1-22(2)29-18(12-19(26)30-22)13-23(27,17-6-4-5-7-17)11-10-15-8-9-16(14-25)20(24)21(15)28-3/h8-9,12,17,25,27H,4-7,13-14H2,1-3H3/t23-/m0/s1. The van der Waals surface area contributed by atoms with Gasteiger partial charge >= 0.3 is 5.97 Å². The summed E-state index contributed by atoms with van der Waals surface area (Å²) >= 11 is 0. The van der Waals surface area contributed by atoms with Crippen LogP contribution in [0.4, 0.5) is 4.39 Å². The molecule has 1 heterocycles. The normalized spacial score (nSPS) is 20.3. The summed E-state index contributed by atoms with van der Waals surface area (Å²) in [5.74, 6) is 3.52. The summed E-state index contributed by atoms with van der Waals surface area (Å²) in [6.45, 7) is 2.78. The van der Waals surface area contributed by atoms with E-state index in [1.807, 2.05) is 0 Å². The van der Waals surface area contributed by atoms with Crippen LogP contribution in [-0.2, 0) is 20.9 Å². The van der Waals surface area contributed by atoms with Crippen molar-refractivity contribution in [3.8, 4) is 17.6 Å². The van der Waals surface area contributed by atoms with Crippen molar-refractivity contribution in [2.24, 2.45) is 5.92 Å². The summed E-state index contributed by atoms with van der Waals surface area (Å²) in [6.07, 6.45) is 4.78. The first-order valence-electron chi connectivity index (χ1n) is 10.0. The molecule has 6 nitrogen and oxygen atoms in total. The Hall–Kier alpha value is -2.56. The molecule has 0 saturated heterocycles. The molecule has 0 spiro atoms. The topological polar surface area (TPSA) is 85.2 Å². The molecule has 162 valence electrons. The van der Waals surface area contributed by atoms with Crippen LogP contribution in [0.25, 0.3) is 0 Å². The fourth-order valence-electron chi connectivity index (χ4n) is 4.01. The highest BCUT2D eigenvalue weighted by Gasteiger charge is 2.41. The first-order valence-corrected chi connectivity index (χ1v) is 10.0. The fraction of sp³-hybridized carbons (Fsp3) is 0.522. The Balaban J connectivity index is 1.97. The van der Waals surface area contributed by atoms with Crippen LogP contribution >= 0.6 is 0 Å². The van der Waals surface area contributed by atoms with Crippen molar-refractivity contribution in [3.63, 3.8) is 0 Å². The van der Waals surface area contributed by atoms with Crippen LogP contribution in [0.1, 0.15) is 57.1 Å². The third-order valence-electron chi connectivity index (χ3n) is 5.44. The molecule has 1 saturated carbocycles. The molecule has 1 aromatic carbocycles. The smallest absolute Gasteiger partial charge is 0.337 e. The maximum Gasteiger partial charge on any atom is 0.337 e. The molecule has 1 aliphatic carbocycles. The van der Waals surface area contributed by atoms with Crippen molar-refractivity contribution < 1.29 is 33.6 Å². The molecule has 1 aromatic rings. The summed E-state index contributed by atoms with van der Waals surface area (Å²) < 4.78 is 30.4. The van der Waals surface area contributed by atoms with Crippen molar-refractivity contribution in [2.75, 3.05) is 7.11 Å². The zero-order valence-corrected chi connectivity index (χ0v) is 17.5. The highest BCUT2D eigenvalue weighted by Crippen LogP contribution is 2.39. The average Bonchev–Trinajstić information content (AvgIpc) is 3.20. The zero-order chi connectivity index (χ0) is 21.9. The molecule has 3 rings (SSSR count). The van der Waals surface area contributed by atoms with E-state index in [0.717, 1.165) is 25.7 Å². The third kappa shape index (κ3) is 4.77. The number of benzene rings is 1. The van der Waals surface area contributed by atoms with Gasteiger partial charge in [0.05, 0.1) is 25.4 Å². The number of carbonyl (C=O) groups is 1. The lowest BCUT2D eigenvalue weighted by atomic mass is 9.82. The van der Waals surface area contributed by atoms with Crippen molar-refractivity contribution >= 4 is 5.97 Å². The summed E-state index contributed by atoms with van der Waals surface area (Å²) in [5, 5.41) is 20.7. The number of esters is 1. The van der Waals surface area contributed by atoms with Crippen LogP contribution in [0.15, 0.2) is 24.0 Å². The van der Waals surface area contributed by atoms with Gasteiger partial charge in [0.1, 0.15) is 11.4 Å². The molecule has 0 radical (unpaired) electrons. The predicted octanol–water partition coefficient (Wildman–Crippen LogP) is 3.18. The number of aliphatic hydroxyl groups excluding tert-OH is 1. The van der Waals surface area contributed by atoms with Gasteiger partial charge in [-0.25, -0.2) is 9.18 Å². The average molecular weight is 418 g/mol. The Labute approximate surface area is 175 Å². The lowest BCUT2D eigenvalue weighted by molar-refractivity contribution is -0.207. The van der Waals surface area contributed by atoms with E-state index in [1.54, 1.807) is 19.9 Å². The molecular weight excluding hydrogens is 391 g/mol. The van der Waals surface area contributed by atoms with Crippen molar-refractivity contribution in [2.45, 2.75) is 63.9 Å². The van der Waals surface area contributed by atoms with Gasteiger partial charge in [-0.3, -0.25) is 0 Å². The number of carbonyl (C=O) groups excluding carboxylic acids is 1. The fourth-order valence-corrected chi connectivity index (χ4v) is 4.01. The van der Waals surface area contributed by atoms with Gasteiger partial charge in [0, 0.05) is 25.8 Å². The van der Waals surface area contributed by atoms with Crippen molar-refractivity contribution in [1.29, 1.82) is 0 Å². The third-order valence-corrected chi connectivity index (χ3v) is 5.44. The maximum absolute atomic E-state index is 14.5. The predicted molar refractivity (Wildman–Crippen MR) is 107 cm³/mol. The number of methoxy groups -OCH3 is 1. The van der Waals surface area contributed by atoms with Crippen LogP contribution in [0, 0.1) is 23.6 Å². The van der Waals surface area contributed by atoms with Crippen LogP contribution in [-0.4, -0.2) is 34.7 Å². The highest BCUT2D eigenvalue weighted by molar-refractivity contribution is 5.83. The van der Waals surface area contributed by atoms with E-state index in [-0.39, 0.29) is 29.2 Å². The summed E-state index contributed by atoms with van der Waals surface area (Å²) in [6, 6.07) is 2.98. The van der Waals surface area contributed by atoms with E-state index in [4.69, 9.17) is 14.2 Å². The molecule has 0 bridgehead atoms. The second-order valence-corrected chi connectivity index (χ2v) is 8.14. The van der Waals surface area contributed by atoms with E-state index in [0.29, 0.717) is 5.76 Å². The molecule has 1 fully saturated rings. The first-order chi connectivity index (χ1) is 14.2. The lowest BCUT2D eigenvalue weighted by Gasteiger charge is -2.35. The molecule has 0 unspecified atom stereocenters. The molecule has 0 aromatic heterocycles. The van der Waals surface area contributed by atoms with Crippen molar-refractivity contribution in [3.05, 3.63) is 40.9 Å². The number of cyclic esters (lactones) is 1. The van der Waals surface area contributed by atoms with Crippen LogP contribution in [0.2, 0.25) is 0 Å². The number of halogens is 1. The van der Waals surface area contributed by atoms with E-state index < -0.39 is 29.8 Å². The SMILES string of the molecule is COc1c(C#C[C@](O)(CC2=CC(=O)OC(C)(C)O2)C2CCCC2)ccc(CO)c1F. The molecular formula is C23H27FO6. The van der Waals surface area contributed by atoms with Crippen LogP contribution in [0.3, 0.4) is 0 Å². The lowest BCUT2D eigenvalue weighted by Crippen LogP contribution is -2.40. The van der Waals surface area contributed by atoms with Gasteiger partial charge in [-0.05, 0) is 24.8 Å². The Morgan fingerprint density at radius 1 is 1.30 bits per heavy atom. The molecule has 1 atom stereocenters. The molecule has 1 aliphatic heterocycles. The molecule has 7 heteroatoms. The van der Waals surface area contributed by atoms with Gasteiger partial charge in [-0.2, -0.15) is 0 Å². The van der Waals surface area contributed by atoms with Gasteiger partial charge in [0.15, 0.2) is 11.6 Å². The largest absolute Gasteiger partial charge is 0.492 e. The number of ether oxygens (including phenoxy) is 3. The molecule has 30 heavy (non-hydrogen) atoms. The van der Waals surface area contributed by atoms with E-state index in [9.17, 15) is 19.4 Å².